The van der Waals surface area contributed by atoms with Gasteiger partial charge in [0, 0.05) is 43.0 Å². The highest BCUT2D eigenvalue weighted by atomic mass is 16.5. The number of pyridine rings is 2. The van der Waals surface area contributed by atoms with Crippen LogP contribution >= 0.6 is 0 Å². The van der Waals surface area contributed by atoms with Crippen molar-refractivity contribution in [3.8, 4) is 17.0 Å². The molecule has 132 valence electrons. The number of anilines is 1. The Bertz CT molecular complexity index is 881. The average molecular weight is 347 g/mol. The van der Waals surface area contributed by atoms with E-state index in [1.807, 2.05) is 43.7 Å². The van der Waals surface area contributed by atoms with Crippen molar-refractivity contribution in [3.05, 3.63) is 59.8 Å². The predicted molar refractivity (Wildman–Crippen MR) is 100 cm³/mol. The van der Waals surface area contributed by atoms with Crippen LogP contribution in [0.3, 0.4) is 0 Å². The van der Waals surface area contributed by atoms with Gasteiger partial charge in [-0.25, -0.2) is 15.0 Å². The summed E-state index contributed by atoms with van der Waals surface area (Å²) in [6.45, 7) is 0.404. The zero-order chi connectivity index (χ0) is 17.8. The molecule has 0 saturated heterocycles. The Kier molecular flexibility index (Phi) is 4.73. The number of hydrogen-bond acceptors (Lipinski definition) is 6. The van der Waals surface area contributed by atoms with Gasteiger partial charge in [-0.2, -0.15) is 0 Å². The van der Waals surface area contributed by atoms with E-state index in [9.17, 15) is 0 Å². The molecule has 1 N–H and O–H groups in total. The van der Waals surface area contributed by atoms with Gasteiger partial charge < -0.3 is 10.1 Å². The number of nitrogens with zero attached hydrogens (tertiary/aromatic N) is 4. The molecule has 6 nitrogen and oxygen atoms in total. The van der Waals surface area contributed by atoms with E-state index in [2.05, 4.69) is 20.3 Å². The Morgan fingerprint density at radius 1 is 1.08 bits per heavy atom. The molecule has 0 radical (unpaired) electrons. The van der Waals surface area contributed by atoms with Crippen LogP contribution in [0.15, 0.2) is 42.9 Å². The summed E-state index contributed by atoms with van der Waals surface area (Å²) in [7, 11) is 1.81. The molecule has 3 heterocycles. The lowest BCUT2D eigenvalue weighted by Gasteiger charge is -2.20. The third kappa shape index (κ3) is 3.49. The fourth-order valence-corrected chi connectivity index (χ4v) is 3.24. The van der Waals surface area contributed by atoms with Crippen LogP contribution in [-0.2, 0) is 19.4 Å². The van der Waals surface area contributed by atoms with E-state index in [0.29, 0.717) is 18.4 Å². The highest BCUT2D eigenvalue weighted by molar-refractivity contribution is 5.68. The molecule has 1 aliphatic rings. The second-order valence-corrected chi connectivity index (χ2v) is 6.30. The lowest BCUT2D eigenvalue weighted by Crippen LogP contribution is -2.09. The monoisotopic (exact) mass is 347 g/mol. The van der Waals surface area contributed by atoms with Crippen LogP contribution in [-0.4, -0.2) is 27.0 Å². The Morgan fingerprint density at radius 2 is 1.92 bits per heavy atom. The first-order valence-electron chi connectivity index (χ1n) is 8.89. The number of hydrogen-bond donors (Lipinski definition) is 1. The third-order valence-electron chi connectivity index (χ3n) is 4.56. The Morgan fingerprint density at radius 3 is 2.69 bits per heavy atom. The summed E-state index contributed by atoms with van der Waals surface area (Å²) < 4.78 is 5.94. The smallest absolute Gasteiger partial charge is 0.222 e. The van der Waals surface area contributed by atoms with Crippen molar-refractivity contribution in [1.29, 1.82) is 0 Å². The number of fused-ring (bicyclic) bond motifs is 1. The molecule has 0 amide bonds. The lowest BCUT2D eigenvalue weighted by molar-refractivity contribution is 0.288. The molecule has 0 fully saturated rings. The minimum atomic E-state index is 0.404. The van der Waals surface area contributed by atoms with Crippen molar-refractivity contribution >= 4 is 5.95 Å². The maximum absolute atomic E-state index is 5.94. The maximum Gasteiger partial charge on any atom is 0.222 e. The SMILES string of the molecule is CNc1ncc(-c2cc(OCc3ccccn3)nc3c2CCCC3)cn1. The molecule has 0 atom stereocenters. The zero-order valence-corrected chi connectivity index (χ0v) is 14.8. The second-order valence-electron chi connectivity index (χ2n) is 6.30. The number of aryl methyl sites for hydroxylation is 1. The van der Waals surface area contributed by atoms with Crippen molar-refractivity contribution in [2.24, 2.45) is 0 Å². The van der Waals surface area contributed by atoms with E-state index in [1.54, 1.807) is 6.20 Å². The van der Waals surface area contributed by atoms with Gasteiger partial charge >= 0.3 is 0 Å². The molecule has 6 heteroatoms. The van der Waals surface area contributed by atoms with E-state index < -0.39 is 0 Å². The molecule has 0 aromatic carbocycles. The van der Waals surface area contributed by atoms with E-state index in [1.165, 1.54) is 18.4 Å². The van der Waals surface area contributed by atoms with Crippen LogP contribution in [0.1, 0.15) is 29.8 Å². The van der Waals surface area contributed by atoms with Crippen molar-refractivity contribution in [2.45, 2.75) is 32.3 Å². The predicted octanol–water partition coefficient (Wildman–Crippen LogP) is 3.43. The first kappa shape index (κ1) is 16.4. The fraction of sp³-hybridized carbons (Fsp3) is 0.300. The Balaban J connectivity index is 1.67. The summed E-state index contributed by atoms with van der Waals surface area (Å²) in [6, 6.07) is 7.81. The topological polar surface area (TPSA) is 72.8 Å². The van der Waals surface area contributed by atoms with E-state index in [0.717, 1.165) is 35.4 Å². The second kappa shape index (κ2) is 7.47. The van der Waals surface area contributed by atoms with Gasteiger partial charge in [0.2, 0.25) is 11.8 Å². The molecule has 4 rings (SSSR count). The number of ether oxygens (including phenoxy) is 1. The van der Waals surface area contributed by atoms with Crippen molar-refractivity contribution in [1.82, 2.24) is 19.9 Å². The first-order chi connectivity index (χ1) is 12.8. The van der Waals surface area contributed by atoms with Crippen LogP contribution < -0.4 is 10.1 Å². The van der Waals surface area contributed by atoms with Crippen LogP contribution in [0.4, 0.5) is 5.95 Å². The van der Waals surface area contributed by atoms with Gasteiger partial charge in [0.25, 0.3) is 0 Å². The number of nitrogens with one attached hydrogen (secondary N) is 1. The van der Waals surface area contributed by atoms with Crippen molar-refractivity contribution in [3.63, 3.8) is 0 Å². The molecule has 0 bridgehead atoms. The number of rotatable bonds is 5. The molecule has 0 unspecified atom stereocenters. The van der Waals surface area contributed by atoms with Gasteiger partial charge in [-0.3, -0.25) is 4.98 Å². The van der Waals surface area contributed by atoms with Crippen molar-refractivity contribution < 1.29 is 4.74 Å². The molecule has 1 aliphatic carbocycles. The van der Waals surface area contributed by atoms with Gasteiger partial charge in [0.15, 0.2) is 0 Å². The largest absolute Gasteiger partial charge is 0.471 e. The normalized spacial score (nSPS) is 13.1. The summed E-state index contributed by atoms with van der Waals surface area (Å²) >= 11 is 0. The van der Waals surface area contributed by atoms with Crippen LogP contribution in [0.25, 0.3) is 11.1 Å². The molecule has 26 heavy (non-hydrogen) atoms. The van der Waals surface area contributed by atoms with Gasteiger partial charge in [0.05, 0.1) is 5.69 Å². The van der Waals surface area contributed by atoms with Crippen LogP contribution in [0.5, 0.6) is 5.88 Å². The molecule has 3 aromatic heterocycles. The molecule has 3 aromatic rings. The summed E-state index contributed by atoms with van der Waals surface area (Å²) in [6.07, 6.45) is 9.84. The summed E-state index contributed by atoms with van der Waals surface area (Å²) in [5.41, 5.74) is 5.42. The summed E-state index contributed by atoms with van der Waals surface area (Å²) in [5, 5.41) is 2.95. The van der Waals surface area contributed by atoms with Gasteiger partial charge in [-0.05, 0) is 48.9 Å². The van der Waals surface area contributed by atoms with Gasteiger partial charge in [-0.1, -0.05) is 6.07 Å². The first-order valence-corrected chi connectivity index (χ1v) is 8.89. The molecule has 0 spiro atoms. The van der Waals surface area contributed by atoms with Crippen molar-refractivity contribution in [2.75, 3.05) is 12.4 Å². The van der Waals surface area contributed by atoms with E-state index >= 15 is 0 Å². The Labute approximate surface area is 152 Å². The summed E-state index contributed by atoms with van der Waals surface area (Å²) in [4.78, 5) is 17.8. The minimum absolute atomic E-state index is 0.404. The standard InChI is InChI=1S/C20H21N5O/c1-21-20-23-11-14(12-24-20)17-10-19(25-18-8-3-2-7-16(17)18)26-13-15-6-4-5-9-22-15/h4-6,9-12H,2-3,7-8,13H2,1H3,(H,21,23,24). The van der Waals surface area contributed by atoms with Gasteiger partial charge in [0.1, 0.15) is 6.61 Å². The molecular weight excluding hydrogens is 326 g/mol. The third-order valence-corrected chi connectivity index (χ3v) is 4.56. The molecule has 0 saturated carbocycles. The summed E-state index contributed by atoms with van der Waals surface area (Å²) in [5.74, 6) is 1.24. The number of aromatic nitrogens is 4. The van der Waals surface area contributed by atoms with E-state index in [4.69, 9.17) is 9.72 Å². The fourth-order valence-electron chi connectivity index (χ4n) is 3.24. The Hall–Kier alpha value is -3.02. The van der Waals surface area contributed by atoms with E-state index in [-0.39, 0.29) is 0 Å². The average Bonchev–Trinajstić information content (AvgIpc) is 2.72. The zero-order valence-electron chi connectivity index (χ0n) is 14.8. The highest BCUT2D eigenvalue weighted by Crippen LogP contribution is 2.33. The molecular formula is C20H21N5O. The quantitative estimate of drug-likeness (QED) is 0.762. The highest BCUT2D eigenvalue weighted by Gasteiger charge is 2.18. The van der Waals surface area contributed by atoms with Gasteiger partial charge in [-0.15, -0.1) is 0 Å². The minimum Gasteiger partial charge on any atom is -0.471 e. The van der Waals surface area contributed by atoms with Crippen LogP contribution in [0.2, 0.25) is 0 Å². The maximum atomic E-state index is 5.94. The lowest BCUT2D eigenvalue weighted by atomic mass is 9.90. The molecule has 0 aliphatic heterocycles. The van der Waals surface area contributed by atoms with Crippen LogP contribution in [0, 0.1) is 0 Å².